The number of hydrogen-bond donors (Lipinski definition) is 3. The van der Waals surface area contributed by atoms with Gasteiger partial charge in [0.05, 0.1) is 25.3 Å². The molecular weight excluding hydrogens is 558 g/mol. The fourth-order valence-corrected chi connectivity index (χ4v) is 5.08. The van der Waals surface area contributed by atoms with Crippen LogP contribution in [-0.4, -0.2) is 44.3 Å². The average Bonchev–Trinajstić information content (AvgIpc) is 3.08. The molecule has 0 saturated heterocycles. The van der Waals surface area contributed by atoms with Gasteiger partial charge in [0.2, 0.25) is 11.9 Å². The molecule has 6 rings (SSSR count). The number of benzene rings is 4. The largest absolute Gasteiger partial charge is 0.479 e. The number of ether oxygens (including phenoxy) is 4. The van der Waals surface area contributed by atoms with Gasteiger partial charge < -0.3 is 34.3 Å². The molecule has 8 heteroatoms. The van der Waals surface area contributed by atoms with Crippen LogP contribution >= 0.6 is 0 Å². The van der Waals surface area contributed by atoms with Gasteiger partial charge in [0.15, 0.2) is 6.29 Å². The van der Waals surface area contributed by atoms with Gasteiger partial charge in [0.25, 0.3) is 5.79 Å². The molecule has 44 heavy (non-hydrogen) atoms. The van der Waals surface area contributed by atoms with Gasteiger partial charge in [-0.1, -0.05) is 97.1 Å². The SMILES string of the molecule is OC(OCc1ccccc1)[C@H]1OC(c2ccc3ncccc3c2)=C[C@](O)(OCc2ccccc2)[C@@]1(O)OCc1ccccc1. The van der Waals surface area contributed by atoms with Crippen LogP contribution in [0.2, 0.25) is 0 Å². The highest BCUT2D eigenvalue weighted by Crippen LogP contribution is 2.43. The van der Waals surface area contributed by atoms with Crippen molar-refractivity contribution in [3.8, 4) is 0 Å². The van der Waals surface area contributed by atoms with Crippen LogP contribution in [0, 0.1) is 0 Å². The van der Waals surface area contributed by atoms with Gasteiger partial charge >= 0.3 is 0 Å². The Balaban J connectivity index is 1.40. The van der Waals surface area contributed by atoms with E-state index in [9.17, 15) is 15.3 Å². The molecule has 0 bridgehead atoms. The van der Waals surface area contributed by atoms with Gasteiger partial charge in [-0.2, -0.15) is 0 Å². The van der Waals surface area contributed by atoms with Crippen molar-refractivity contribution in [1.29, 1.82) is 0 Å². The Hall–Kier alpha value is -4.41. The molecule has 0 fully saturated rings. The van der Waals surface area contributed by atoms with E-state index in [0.29, 0.717) is 5.56 Å². The quantitative estimate of drug-likeness (QED) is 0.177. The Kier molecular flexibility index (Phi) is 8.81. The Morgan fingerprint density at radius 1 is 0.705 bits per heavy atom. The molecule has 1 aromatic heterocycles. The lowest BCUT2D eigenvalue weighted by Crippen LogP contribution is -2.68. The second-order valence-electron chi connectivity index (χ2n) is 10.6. The summed E-state index contributed by atoms with van der Waals surface area (Å²) in [5.74, 6) is -4.95. The lowest BCUT2D eigenvalue weighted by atomic mass is 9.92. The van der Waals surface area contributed by atoms with Crippen molar-refractivity contribution in [1.82, 2.24) is 4.98 Å². The predicted molar refractivity (Wildman–Crippen MR) is 164 cm³/mol. The summed E-state index contributed by atoms with van der Waals surface area (Å²) in [6.07, 6.45) is -0.400. The first kappa shape index (κ1) is 29.7. The zero-order valence-corrected chi connectivity index (χ0v) is 23.9. The van der Waals surface area contributed by atoms with Gasteiger partial charge in [-0.25, -0.2) is 0 Å². The molecule has 4 atom stereocenters. The number of hydrogen-bond acceptors (Lipinski definition) is 8. The minimum atomic E-state index is -2.62. The number of fused-ring (bicyclic) bond motifs is 1. The Morgan fingerprint density at radius 3 is 1.93 bits per heavy atom. The number of aliphatic hydroxyl groups is 3. The first-order valence-corrected chi connectivity index (χ1v) is 14.3. The van der Waals surface area contributed by atoms with E-state index in [2.05, 4.69) is 4.98 Å². The van der Waals surface area contributed by atoms with Crippen molar-refractivity contribution >= 4 is 16.7 Å². The molecule has 2 heterocycles. The van der Waals surface area contributed by atoms with E-state index < -0.39 is 24.0 Å². The molecule has 0 spiro atoms. The van der Waals surface area contributed by atoms with E-state index in [-0.39, 0.29) is 25.6 Å². The second kappa shape index (κ2) is 13.1. The second-order valence-corrected chi connectivity index (χ2v) is 10.6. The van der Waals surface area contributed by atoms with Gasteiger partial charge in [-0.05, 0) is 41.0 Å². The average molecular weight is 592 g/mol. The van der Waals surface area contributed by atoms with Crippen molar-refractivity contribution in [3.05, 3.63) is 156 Å². The summed E-state index contributed by atoms with van der Waals surface area (Å²) < 4.78 is 24.2. The van der Waals surface area contributed by atoms with E-state index >= 15 is 0 Å². The van der Waals surface area contributed by atoms with Crippen LogP contribution in [-0.2, 0) is 38.8 Å². The molecule has 1 unspecified atom stereocenters. The van der Waals surface area contributed by atoms with Crippen LogP contribution in [0.5, 0.6) is 0 Å². The van der Waals surface area contributed by atoms with Crippen LogP contribution in [0.3, 0.4) is 0 Å². The lowest BCUT2D eigenvalue weighted by molar-refractivity contribution is -0.420. The minimum Gasteiger partial charge on any atom is -0.479 e. The van der Waals surface area contributed by atoms with Crippen molar-refractivity contribution in [2.24, 2.45) is 0 Å². The molecule has 0 saturated carbocycles. The Morgan fingerprint density at radius 2 is 1.30 bits per heavy atom. The summed E-state index contributed by atoms with van der Waals surface area (Å²) in [6, 6.07) is 36.8. The van der Waals surface area contributed by atoms with Gasteiger partial charge in [-0.15, -0.1) is 0 Å². The van der Waals surface area contributed by atoms with Crippen molar-refractivity contribution < 1.29 is 34.3 Å². The molecule has 8 nitrogen and oxygen atoms in total. The number of nitrogens with zero attached hydrogens (tertiary/aromatic N) is 1. The van der Waals surface area contributed by atoms with Crippen LogP contribution < -0.4 is 0 Å². The van der Waals surface area contributed by atoms with Gasteiger partial charge in [-0.3, -0.25) is 4.98 Å². The van der Waals surface area contributed by atoms with E-state index in [1.807, 2.05) is 115 Å². The summed E-state index contributed by atoms with van der Waals surface area (Å²) in [7, 11) is 0. The van der Waals surface area contributed by atoms with E-state index in [1.54, 1.807) is 12.3 Å². The van der Waals surface area contributed by atoms with Crippen molar-refractivity contribution in [2.45, 2.75) is 43.8 Å². The van der Waals surface area contributed by atoms with Gasteiger partial charge in [0.1, 0.15) is 5.76 Å². The molecule has 0 aliphatic carbocycles. The molecule has 0 amide bonds. The third kappa shape index (κ3) is 6.41. The number of rotatable bonds is 11. The molecule has 3 N–H and O–H groups in total. The highest BCUT2D eigenvalue weighted by Gasteiger charge is 2.63. The van der Waals surface area contributed by atoms with Crippen LogP contribution in [0.4, 0.5) is 0 Å². The maximum Gasteiger partial charge on any atom is 0.269 e. The van der Waals surface area contributed by atoms with Crippen LogP contribution in [0.15, 0.2) is 134 Å². The molecule has 0 radical (unpaired) electrons. The lowest BCUT2D eigenvalue weighted by Gasteiger charge is -2.48. The molecule has 1 aliphatic heterocycles. The van der Waals surface area contributed by atoms with E-state index in [0.717, 1.165) is 27.6 Å². The number of aromatic nitrogens is 1. The molecule has 4 aromatic carbocycles. The van der Waals surface area contributed by atoms with Crippen molar-refractivity contribution in [2.75, 3.05) is 0 Å². The molecule has 224 valence electrons. The number of aliphatic hydroxyl groups excluding tert-OH is 1. The minimum absolute atomic E-state index is 0.0145. The predicted octanol–water partition coefficient (Wildman–Crippen LogP) is 5.32. The standard InChI is InChI=1S/C36H33NO7/c38-34(41-23-26-11-4-1-5-12-26)33-36(40,43-25-28-15-8-3-9-16-28)35(39,42-24-27-13-6-2-7-14-27)22-32(44-33)30-18-19-31-29(21-30)17-10-20-37-31/h1-22,33-34,38-40H,23-25H2/t33-,34?,35+,36+/m1/s1. The first-order valence-electron chi connectivity index (χ1n) is 14.3. The third-order valence-electron chi connectivity index (χ3n) is 7.49. The highest BCUT2D eigenvalue weighted by atomic mass is 16.7. The van der Waals surface area contributed by atoms with Gasteiger partial charge in [0, 0.05) is 23.2 Å². The molecule has 1 aliphatic rings. The molecular formula is C36H33NO7. The maximum atomic E-state index is 12.3. The maximum absolute atomic E-state index is 12.3. The summed E-state index contributed by atoms with van der Waals surface area (Å²) in [5, 5.41) is 36.8. The monoisotopic (exact) mass is 591 g/mol. The van der Waals surface area contributed by atoms with E-state index in [4.69, 9.17) is 18.9 Å². The third-order valence-corrected chi connectivity index (χ3v) is 7.49. The zero-order valence-electron chi connectivity index (χ0n) is 23.9. The summed E-state index contributed by atoms with van der Waals surface area (Å²) in [5.41, 5.74) is 3.61. The smallest absolute Gasteiger partial charge is 0.269 e. The Labute approximate surface area is 255 Å². The Bertz CT molecular complexity index is 1700. The van der Waals surface area contributed by atoms with Crippen LogP contribution in [0.1, 0.15) is 22.3 Å². The summed E-state index contributed by atoms with van der Waals surface area (Å²) >= 11 is 0. The first-order chi connectivity index (χ1) is 21.4. The number of pyridine rings is 1. The highest BCUT2D eigenvalue weighted by molar-refractivity contribution is 5.82. The topological polar surface area (TPSA) is 111 Å². The fourth-order valence-electron chi connectivity index (χ4n) is 5.08. The normalized spacial score (nSPS) is 22.2. The fraction of sp³-hybridized carbons (Fsp3) is 0.194. The van der Waals surface area contributed by atoms with Crippen LogP contribution in [0.25, 0.3) is 16.7 Å². The summed E-state index contributed by atoms with van der Waals surface area (Å²) in [6.45, 7) is -0.182. The van der Waals surface area contributed by atoms with E-state index in [1.165, 1.54) is 6.08 Å². The summed E-state index contributed by atoms with van der Waals surface area (Å²) in [4.78, 5) is 4.38. The zero-order chi connectivity index (χ0) is 30.4. The van der Waals surface area contributed by atoms with Crippen molar-refractivity contribution in [3.63, 3.8) is 0 Å². The molecule has 5 aromatic rings.